The summed E-state index contributed by atoms with van der Waals surface area (Å²) in [6.45, 7) is 6.09. The van der Waals surface area contributed by atoms with Gasteiger partial charge in [0.05, 0.1) is 11.4 Å². The van der Waals surface area contributed by atoms with E-state index < -0.39 is 15.8 Å². The molecule has 6 heteroatoms. The zero-order valence-corrected chi connectivity index (χ0v) is 12.3. The molecule has 0 amide bonds. The number of halogens is 1. The van der Waals surface area contributed by atoms with Gasteiger partial charge in [-0.15, -0.1) is 0 Å². The van der Waals surface area contributed by atoms with E-state index in [1.807, 2.05) is 20.8 Å². The Morgan fingerprint density at radius 2 is 1.95 bits per heavy atom. The summed E-state index contributed by atoms with van der Waals surface area (Å²) in [5, 5.41) is 0. The Labute approximate surface area is 114 Å². The van der Waals surface area contributed by atoms with Crippen LogP contribution in [0.2, 0.25) is 0 Å². The van der Waals surface area contributed by atoms with E-state index in [2.05, 4.69) is 4.72 Å². The van der Waals surface area contributed by atoms with Crippen molar-refractivity contribution in [3.8, 4) is 0 Å². The summed E-state index contributed by atoms with van der Waals surface area (Å²) in [6, 6.07) is 4.23. The summed E-state index contributed by atoms with van der Waals surface area (Å²) in [6.07, 6.45) is 0.505. The number of hydrogen-bond donors (Lipinski definition) is 2. The van der Waals surface area contributed by atoms with Crippen LogP contribution in [0.1, 0.15) is 32.8 Å². The van der Waals surface area contributed by atoms with Crippen LogP contribution in [0.5, 0.6) is 0 Å². The topological polar surface area (TPSA) is 72.2 Å². The lowest BCUT2D eigenvalue weighted by atomic mass is 9.94. The fraction of sp³-hybridized carbons (Fsp3) is 0.538. The van der Waals surface area contributed by atoms with Crippen LogP contribution in [0.25, 0.3) is 0 Å². The van der Waals surface area contributed by atoms with Gasteiger partial charge in [0.2, 0.25) is 10.0 Å². The Balaban J connectivity index is 2.78. The van der Waals surface area contributed by atoms with E-state index in [4.69, 9.17) is 5.73 Å². The van der Waals surface area contributed by atoms with Gasteiger partial charge in [-0.2, -0.15) is 0 Å². The molecule has 108 valence electrons. The number of hydrogen-bond acceptors (Lipinski definition) is 3. The molecule has 19 heavy (non-hydrogen) atoms. The van der Waals surface area contributed by atoms with Gasteiger partial charge in [-0.3, -0.25) is 4.72 Å². The van der Waals surface area contributed by atoms with Crippen molar-refractivity contribution in [1.29, 1.82) is 0 Å². The van der Waals surface area contributed by atoms with Gasteiger partial charge in [0.1, 0.15) is 5.82 Å². The molecule has 1 aromatic carbocycles. The van der Waals surface area contributed by atoms with E-state index in [0.29, 0.717) is 12.0 Å². The van der Waals surface area contributed by atoms with Crippen LogP contribution in [0.15, 0.2) is 18.2 Å². The molecular weight excluding hydrogens is 267 g/mol. The molecule has 0 saturated carbocycles. The number of nitrogens with one attached hydrogen (secondary N) is 1. The van der Waals surface area contributed by atoms with Gasteiger partial charge in [-0.25, -0.2) is 12.8 Å². The minimum Gasteiger partial charge on any atom is -0.326 e. The van der Waals surface area contributed by atoms with Crippen molar-refractivity contribution < 1.29 is 12.8 Å². The van der Waals surface area contributed by atoms with Crippen molar-refractivity contribution in [2.75, 3.05) is 10.5 Å². The molecule has 3 N–H and O–H groups in total. The number of rotatable bonds is 5. The predicted molar refractivity (Wildman–Crippen MR) is 75.8 cm³/mol. The highest BCUT2D eigenvalue weighted by molar-refractivity contribution is 7.92. The highest BCUT2D eigenvalue weighted by atomic mass is 32.2. The first-order valence-electron chi connectivity index (χ1n) is 6.12. The molecule has 0 bridgehead atoms. The average molecular weight is 288 g/mol. The van der Waals surface area contributed by atoms with Crippen molar-refractivity contribution in [3.05, 3.63) is 29.6 Å². The largest absolute Gasteiger partial charge is 0.326 e. The monoisotopic (exact) mass is 288 g/mol. The van der Waals surface area contributed by atoms with Crippen LogP contribution in [0, 0.1) is 11.2 Å². The maximum Gasteiger partial charge on any atom is 0.232 e. The minimum absolute atomic E-state index is 0.0332. The first kappa shape index (κ1) is 15.9. The Hall–Kier alpha value is -1.14. The van der Waals surface area contributed by atoms with Crippen LogP contribution >= 0.6 is 0 Å². The number of sulfonamides is 1. The SMILES string of the molecule is CC(C)(C)CCS(=O)(=O)Nc1ccc(CN)cc1F. The zero-order valence-electron chi connectivity index (χ0n) is 11.5. The van der Waals surface area contributed by atoms with Crippen LogP contribution in [-0.2, 0) is 16.6 Å². The summed E-state index contributed by atoms with van der Waals surface area (Å²) >= 11 is 0. The van der Waals surface area contributed by atoms with Gasteiger partial charge < -0.3 is 5.73 Å². The van der Waals surface area contributed by atoms with Crippen molar-refractivity contribution in [1.82, 2.24) is 0 Å². The number of benzene rings is 1. The predicted octanol–water partition coefficient (Wildman–Crippen LogP) is 2.46. The Bertz CT molecular complexity index is 536. The standard InChI is InChI=1S/C13H21FN2O2S/c1-13(2,3)6-7-19(17,18)16-12-5-4-10(9-15)8-11(12)14/h4-5,8,16H,6-7,9,15H2,1-3H3. The fourth-order valence-corrected chi connectivity index (χ4v) is 2.91. The second kappa shape index (κ2) is 5.88. The fourth-order valence-electron chi connectivity index (χ4n) is 1.43. The Morgan fingerprint density at radius 1 is 1.32 bits per heavy atom. The maximum absolute atomic E-state index is 13.7. The van der Waals surface area contributed by atoms with Crippen molar-refractivity contribution in [3.63, 3.8) is 0 Å². The van der Waals surface area contributed by atoms with E-state index in [1.54, 1.807) is 6.07 Å². The lowest BCUT2D eigenvalue weighted by molar-refractivity contribution is 0.397. The summed E-state index contributed by atoms with van der Waals surface area (Å²) in [5.74, 6) is -0.642. The molecule has 0 aliphatic heterocycles. The van der Waals surface area contributed by atoms with E-state index >= 15 is 0 Å². The maximum atomic E-state index is 13.7. The van der Waals surface area contributed by atoms with Crippen molar-refractivity contribution >= 4 is 15.7 Å². The highest BCUT2D eigenvalue weighted by Crippen LogP contribution is 2.21. The lowest BCUT2D eigenvalue weighted by Crippen LogP contribution is -2.21. The van der Waals surface area contributed by atoms with E-state index in [0.717, 1.165) is 0 Å². The van der Waals surface area contributed by atoms with Crippen molar-refractivity contribution in [2.24, 2.45) is 11.1 Å². The van der Waals surface area contributed by atoms with Gasteiger partial charge in [0, 0.05) is 6.54 Å². The third-order valence-electron chi connectivity index (χ3n) is 2.66. The summed E-state index contributed by atoms with van der Waals surface area (Å²) in [5.41, 5.74) is 5.88. The normalized spacial score (nSPS) is 12.5. The molecule has 0 spiro atoms. The molecule has 0 fully saturated rings. The molecule has 0 aromatic heterocycles. The lowest BCUT2D eigenvalue weighted by Gasteiger charge is -2.18. The van der Waals surface area contributed by atoms with Gasteiger partial charge in [0.25, 0.3) is 0 Å². The van der Waals surface area contributed by atoms with E-state index in [9.17, 15) is 12.8 Å². The smallest absolute Gasteiger partial charge is 0.232 e. The van der Waals surface area contributed by atoms with Gasteiger partial charge in [-0.05, 0) is 29.5 Å². The quantitative estimate of drug-likeness (QED) is 0.874. The van der Waals surface area contributed by atoms with Crippen LogP contribution in [0.4, 0.5) is 10.1 Å². The minimum atomic E-state index is -3.53. The molecule has 0 aliphatic rings. The Kier molecular flexibility index (Phi) is 4.92. The van der Waals surface area contributed by atoms with Crippen molar-refractivity contribution in [2.45, 2.75) is 33.7 Å². The van der Waals surface area contributed by atoms with Gasteiger partial charge in [-0.1, -0.05) is 26.8 Å². The molecule has 0 aliphatic carbocycles. The third-order valence-corrected chi connectivity index (χ3v) is 3.93. The summed E-state index contributed by atoms with van der Waals surface area (Å²) < 4.78 is 39.6. The van der Waals surface area contributed by atoms with Crippen LogP contribution in [-0.4, -0.2) is 14.2 Å². The summed E-state index contributed by atoms with van der Waals surface area (Å²) in [4.78, 5) is 0. The molecule has 1 aromatic rings. The number of nitrogens with two attached hydrogens (primary N) is 1. The molecule has 0 radical (unpaired) electrons. The molecule has 0 unspecified atom stereocenters. The molecule has 0 atom stereocenters. The van der Waals surface area contributed by atoms with E-state index in [1.165, 1.54) is 12.1 Å². The van der Waals surface area contributed by atoms with Crippen LogP contribution < -0.4 is 10.5 Å². The van der Waals surface area contributed by atoms with Crippen LogP contribution in [0.3, 0.4) is 0 Å². The molecule has 4 nitrogen and oxygen atoms in total. The highest BCUT2D eigenvalue weighted by Gasteiger charge is 2.18. The third kappa shape index (κ3) is 5.57. The first-order valence-corrected chi connectivity index (χ1v) is 7.77. The van der Waals surface area contributed by atoms with Gasteiger partial charge >= 0.3 is 0 Å². The van der Waals surface area contributed by atoms with Gasteiger partial charge in [0.15, 0.2) is 0 Å². The molecular formula is C13H21FN2O2S. The first-order chi connectivity index (χ1) is 8.63. The van der Waals surface area contributed by atoms with E-state index in [-0.39, 0.29) is 23.4 Å². The second-order valence-corrected chi connectivity index (χ2v) is 7.59. The zero-order chi connectivity index (χ0) is 14.7. The summed E-state index contributed by atoms with van der Waals surface area (Å²) in [7, 11) is -3.53. The Morgan fingerprint density at radius 3 is 2.42 bits per heavy atom. The average Bonchev–Trinajstić information content (AvgIpc) is 2.28. The molecule has 0 saturated heterocycles. The molecule has 0 heterocycles. The second-order valence-electron chi connectivity index (χ2n) is 5.75. The number of anilines is 1. The molecule has 1 rings (SSSR count).